The van der Waals surface area contributed by atoms with Gasteiger partial charge in [0, 0.05) is 56.2 Å². The van der Waals surface area contributed by atoms with Gasteiger partial charge in [-0.2, -0.15) is 0 Å². The second kappa shape index (κ2) is 9.94. The quantitative estimate of drug-likeness (QED) is 0.502. The number of carbonyl (C=O) groups excluding carboxylic acids is 1. The number of ether oxygens (including phenoxy) is 1. The number of aromatic nitrogens is 2. The first-order valence-corrected chi connectivity index (χ1v) is 10.7. The van der Waals surface area contributed by atoms with Gasteiger partial charge in [0.05, 0.1) is 6.04 Å². The molecule has 2 heterocycles. The molecule has 1 aromatic carbocycles. The van der Waals surface area contributed by atoms with E-state index in [4.69, 9.17) is 4.74 Å². The summed E-state index contributed by atoms with van der Waals surface area (Å²) in [6.07, 6.45) is 2.79. The van der Waals surface area contributed by atoms with Crippen LogP contribution in [0.25, 0.3) is 11.1 Å². The molecule has 0 bridgehead atoms. The van der Waals surface area contributed by atoms with Gasteiger partial charge in [-0.05, 0) is 43.2 Å². The zero-order valence-electron chi connectivity index (χ0n) is 19.1. The minimum absolute atomic E-state index is 0.132. The van der Waals surface area contributed by atoms with Crippen LogP contribution in [0.2, 0.25) is 0 Å². The fourth-order valence-electron chi connectivity index (χ4n) is 3.51. The van der Waals surface area contributed by atoms with Crippen molar-refractivity contribution in [1.29, 1.82) is 0 Å². The standard InChI is InChI=1S/C25H27F2N3O3/c1-5-30(17(2)16-33-22-12-11-19(14-28-22)25(3,26)27)24(32)21-9-7-6-8-20(21)18-10-13-23(31)29(4)15-18/h6-15,17H,5,16H2,1-4H3/t17-/m0/s1. The number of pyridine rings is 2. The van der Waals surface area contributed by atoms with Gasteiger partial charge in [-0.15, -0.1) is 0 Å². The number of likely N-dealkylation sites (N-methyl/N-ethyl adjacent to an activating group) is 1. The van der Waals surface area contributed by atoms with E-state index in [2.05, 4.69) is 4.98 Å². The highest BCUT2D eigenvalue weighted by molar-refractivity contribution is 6.01. The van der Waals surface area contributed by atoms with Gasteiger partial charge in [0.1, 0.15) is 6.61 Å². The lowest BCUT2D eigenvalue weighted by molar-refractivity contribution is 0.0169. The zero-order chi connectivity index (χ0) is 24.2. The monoisotopic (exact) mass is 455 g/mol. The molecular formula is C25H27F2N3O3. The number of halogens is 2. The molecule has 174 valence electrons. The zero-order valence-corrected chi connectivity index (χ0v) is 19.1. The Kier molecular flexibility index (Phi) is 7.26. The lowest BCUT2D eigenvalue weighted by atomic mass is 9.99. The molecule has 0 fully saturated rings. The van der Waals surface area contributed by atoms with Crippen molar-refractivity contribution in [2.75, 3.05) is 13.2 Å². The summed E-state index contributed by atoms with van der Waals surface area (Å²) in [5, 5.41) is 0. The summed E-state index contributed by atoms with van der Waals surface area (Å²) >= 11 is 0. The number of benzene rings is 1. The third kappa shape index (κ3) is 5.63. The van der Waals surface area contributed by atoms with Crippen molar-refractivity contribution in [1.82, 2.24) is 14.5 Å². The van der Waals surface area contributed by atoms with Crippen molar-refractivity contribution < 1.29 is 18.3 Å². The molecule has 0 aliphatic heterocycles. The smallest absolute Gasteiger partial charge is 0.272 e. The fraction of sp³-hybridized carbons (Fsp3) is 0.320. The van der Waals surface area contributed by atoms with Gasteiger partial charge in [0.25, 0.3) is 11.8 Å². The number of aryl methyl sites for hydroxylation is 1. The Hall–Kier alpha value is -3.55. The summed E-state index contributed by atoms with van der Waals surface area (Å²) in [6, 6.07) is 12.8. The Balaban J connectivity index is 1.77. The Bertz CT molecular complexity index is 1170. The molecule has 2 aromatic heterocycles. The molecule has 0 radical (unpaired) electrons. The van der Waals surface area contributed by atoms with E-state index in [-0.39, 0.29) is 35.6 Å². The third-order valence-corrected chi connectivity index (χ3v) is 5.40. The molecule has 1 amide bonds. The first-order valence-electron chi connectivity index (χ1n) is 10.7. The van der Waals surface area contributed by atoms with Crippen LogP contribution in [0.4, 0.5) is 8.78 Å². The topological polar surface area (TPSA) is 64.4 Å². The number of nitrogens with zero attached hydrogens (tertiary/aromatic N) is 3. The number of carbonyl (C=O) groups is 1. The molecule has 33 heavy (non-hydrogen) atoms. The fourth-order valence-corrected chi connectivity index (χ4v) is 3.51. The molecule has 1 atom stereocenters. The predicted molar refractivity (Wildman–Crippen MR) is 123 cm³/mol. The van der Waals surface area contributed by atoms with Crippen LogP contribution in [0.1, 0.15) is 36.7 Å². The molecule has 0 spiro atoms. The summed E-state index contributed by atoms with van der Waals surface area (Å²) in [5.74, 6) is -2.93. The summed E-state index contributed by atoms with van der Waals surface area (Å²) in [6.45, 7) is 5.13. The molecule has 6 nitrogen and oxygen atoms in total. The molecule has 0 saturated heterocycles. The minimum atomic E-state index is -2.97. The van der Waals surface area contributed by atoms with E-state index in [1.165, 1.54) is 22.8 Å². The van der Waals surface area contributed by atoms with Crippen molar-refractivity contribution in [2.24, 2.45) is 7.05 Å². The SMILES string of the molecule is CCN(C(=O)c1ccccc1-c1ccc(=O)n(C)c1)[C@@H](C)COc1ccc(C(C)(F)F)cn1. The maximum absolute atomic E-state index is 13.4. The number of amides is 1. The van der Waals surface area contributed by atoms with Crippen LogP contribution in [0.3, 0.4) is 0 Å². The van der Waals surface area contributed by atoms with Crippen molar-refractivity contribution in [2.45, 2.75) is 32.7 Å². The molecular weight excluding hydrogens is 428 g/mol. The van der Waals surface area contributed by atoms with E-state index in [0.29, 0.717) is 12.1 Å². The number of alkyl halides is 2. The lowest BCUT2D eigenvalue weighted by Gasteiger charge is -2.29. The predicted octanol–water partition coefficient (Wildman–Crippen LogP) is 4.49. The largest absolute Gasteiger partial charge is 0.475 e. The normalized spacial score (nSPS) is 12.3. The highest BCUT2D eigenvalue weighted by Crippen LogP contribution is 2.27. The maximum atomic E-state index is 13.4. The average molecular weight is 456 g/mol. The maximum Gasteiger partial charge on any atom is 0.272 e. The van der Waals surface area contributed by atoms with Gasteiger partial charge in [0.15, 0.2) is 0 Å². The minimum Gasteiger partial charge on any atom is -0.475 e. The van der Waals surface area contributed by atoms with Crippen LogP contribution in [-0.2, 0) is 13.0 Å². The van der Waals surface area contributed by atoms with Crippen LogP contribution in [-0.4, -0.2) is 39.6 Å². The van der Waals surface area contributed by atoms with Gasteiger partial charge < -0.3 is 14.2 Å². The molecule has 0 N–H and O–H groups in total. The van der Waals surface area contributed by atoms with Crippen molar-refractivity contribution >= 4 is 5.91 Å². The van der Waals surface area contributed by atoms with Gasteiger partial charge in [-0.3, -0.25) is 9.59 Å². The Morgan fingerprint density at radius 1 is 1.18 bits per heavy atom. The highest BCUT2D eigenvalue weighted by atomic mass is 19.3. The highest BCUT2D eigenvalue weighted by Gasteiger charge is 2.25. The second-order valence-corrected chi connectivity index (χ2v) is 7.94. The third-order valence-electron chi connectivity index (χ3n) is 5.40. The van der Waals surface area contributed by atoms with E-state index in [1.807, 2.05) is 26.0 Å². The number of rotatable bonds is 8. The van der Waals surface area contributed by atoms with Gasteiger partial charge >= 0.3 is 0 Å². The summed E-state index contributed by atoms with van der Waals surface area (Å²) in [7, 11) is 1.66. The van der Waals surface area contributed by atoms with Gasteiger partial charge in [0.2, 0.25) is 11.4 Å². The second-order valence-electron chi connectivity index (χ2n) is 7.94. The van der Waals surface area contributed by atoms with Crippen molar-refractivity contribution in [3.8, 4) is 17.0 Å². The van der Waals surface area contributed by atoms with Gasteiger partial charge in [-0.1, -0.05) is 18.2 Å². The molecule has 0 unspecified atom stereocenters. The van der Waals surface area contributed by atoms with Crippen LogP contribution in [0.5, 0.6) is 5.88 Å². The van der Waals surface area contributed by atoms with Crippen molar-refractivity contribution in [3.05, 3.63) is 82.4 Å². The Morgan fingerprint density at radius 2 is 1.91 bits per heavy atom. The van der Waals surface area contributed by atoms with Crippen LogP contribution in [0.15, 0.2) is 65.7 Å². The van der Waals surface area contributed by atoms with E-state index >= 15 is 0 Å². The van der Waals surface area contributed by atoms with Gasteiger partial charge in [-0.25, -0.2) is 13.8 Å². The van der Waals surface area contributed by atoms with E-state index < -0.39 is 5.92 Å². The van der Waals surface area contributed by atoms with Crippen LogP contribution >= 0.6 is 0 Å². The van der Waals surface area contributed by atoms with E-state index in [9.17, 15) is 18.4 Å². The summed E-state index contributed by atoms with van der Waals surface area (Å²) < 4.78 is 33.8. The first kappa shape index (κ1) is 24.1. The summed E-state index contributed by atoms with van der Waals surface area (Å²) in [4.78, 5) is 30.8. The lowest BCUT2D eigenvalue weighted by Crippen LogP contribution is -2.42. The molecule has 3 rings (SSSR count). The Labute approximate surface area is 191 Å². The summed E-state index contributed by atoms with van der Waals surface area (Å²) in [5.41, 5.74) is 1.68. The van der Waals surface area contributed by atoms with Crippen LogP contribution in [0, 0.1) is 0 Å². The van der Waals surface area contributed by atoms with Crippen LogP contribution < -0.4 is 10.3 Å². The first-order chi connectivity index (χ1) is 15.6. The molecule has 0 saturated carbocycles. The molecule has 8 heteroatoms. The molecule has 0 aliphatic rings. The van der Waals surface area contributed by atoms with E-state index in [0.717, 1.165) is 24.2 Å². The van der Waals surface area contributed by atoms with Crippen molar-refractivity contribution in [3.63, 3.8) is 0 Å². The number of hydrogen-bond donors (Lipinski definition) is 0. The number of hydrogen-bond acceptors (Lipinski definition) is 4. The molecule has 3 aromatic rings. The van der Waals surface area contributed by atoms with E-state index in [1.54, 1.807) is 36.3 Å². The molecule has 0 aliphatic carbocycles. The average Bonchev–Trinajstić information content (AvgIpc) is 2.79. The Morgan fingerprint density at radius 3 is 2.52 bits per heavy atom.